The second-order valence-electron chi connectivity index (χ2n) is 5.90. The number of rotatable bonds is 7. The summed E-state index contributed by atoms with van der Waals surface area (Å²) in [4.78, 5) is 14.2. The van der Waals surface area contributed by atoms with Crippen LogP contribution in [0.15, 0.2) is 30.3 Å². The number of carbonyl (C=O) groups is 1. The van der Waals surface area contributed by atoms with E-state index in [0.29, 0.717) is 18.4 Å². The zero-order chi connectivity index (χ0) is 14.9. The van der Waals surface area contributed by atoms with Crippen LogP contribution in [0.25, 0.3) is 0 Å². The summed E-state index contributed by atoms with van der Waals surface area (Å²) in [7, 11) is 0. The van der Waals surface area contributed by atoms with Crippen LogP contribution in [0, 0.1) is 0 Å². The summed E-state index contributed by atoms with van der Waals surface area (Å²) < 4.78 is 0. The van der Waals surface area contributed by atoms with E-state index in [1.54, 1.807) is 0 Å². The van der Waals surface area contributed by atoms with Crippen LogP contribution in [0.5, 0.6) is 0 Å². The minimum absolute atomic E-state index is 0.311. The molecule has 1 fully saturated rings. The van der Waals surface area contributed by atoms with E-state index in [1.165, 1.54) is 24.8 Å². The van der Waals surface area contributed by atoms with Crippen LogP contribution < -0.4 is 5.32 Å². The molecule has 1 aliphatic rings. The fourth-order valence-corrected chi connectivity index (χ4v) is 3.02. The molecule has 116 valence electrons. The van der Waals surface area contributed by atoms with Gasteiger partial charge in [0.15, 0.2) is 0 Å². The highest BCUT2D eigenvalue weighted by molar-refractivity contribution is 5.76. The van der Waals surface area contributed by atoms with Gasteiger partial charge < -0.3 is 10.2 Å². The van der Waals surface area contributed by atoms with E-state index < -0.39 is 0 Å². The number of likely N-dealkylation sites (tertiary alicyclic amines) is 1. The first-order chi connectivity index (χ1) is 10.3. The zero-order valence-electron chi connectivity index (χ0n) is 13.2. The summed E-state index contributed by atoms with van der Waals surface area (Å²) >= 11 is 0. The summed E-state index contributed by atoms with van der Waals surface area (Å²) in [5.41, 5.74) is 1.32. The Labute approximate surface area is 128 Å². The maximum absolute atomic E-state index is 12.2. The second kappa shape index (κ2) is 8.83. The molecule has 1 aromatic carbocycles. The molecule has 0 radical (unpaired) electrons. The number of carbonyl (C=O) groups excluding carboxylic acids is 1. The number of nitrogens with one attached hydrogen (secondary N) is 1. The van der Waals surface area contributed by atoms with E-state index in [9.17, 15) is 4.79 Å². The first-order valence-corrected chi connectivity index (χ1v) is 8.37. The quantitative estimate of drug-likeness (QED) is 0.832. The van der Waals surface area contributed by atoms with Gasteiger partial charge in [-0.15, -0.1) is 0 Å². The van der Waals surface area contributed by atoms with Crippen molar-refractivity contribution in [1.82, 2.24) is 10.2 Å². The van der Waals surface area contributed by atoms with Gasteiger partial charge in [-0.05, 0) is 31.2 Å². The maximum Gasteiger partial charge on any atom is 0.223 e. The van der Waals surface area contributed by atoms with Gasteiger partial charge in [0, 0.05) is 32.1 Å². The number of hydrogen-bond acceptors (Lipinski definition) is 2. The molecule has 1 saturated heterocycles. The Bertz CT molecular complexity index is 412. The van der Waals surface area contributed by atoms with Crippen molar-refractivity contribution in [3.8, 4) is 0 Å². The molecule has 1 heterocycles. The maximum atomic E-state index is 12.2. The SMILES string of the molecule is CCCC(NCCC(=O)N1CCCCC1)c1ccccc1. The lowest BCUT2D eigenvalue weighted by atomic mass is 10.0. The Morgan fingerprint density at radius 1 is 1.19 bits per heavy atom. The van der Waals surface area contributed by atoms with Gasteiger partial charge in [-0.3, -0.25) is 4.79 Å². The van der Waals surface area contributed by atoms with Gasteiger partial charge in [0.25, 0.3) is 0 Å². The van der Waals surface area contributed by atoms with Crippen LogP contribution >= 0.6 is 0 Å². The van der Waals surface area contributed by atoms with Crippen molar-refractivity contribution in [1.29, 1.82) is 0 Å². The molecule has 1 unspecified atom stereocenters. The number of hydrogen-bond donors (Lipinski definition) is 1. The van der Waals surface area contributed by atoms with E-state index in [2.05, 4.69) is 36.5 Å². The van der Waals surface area contributed by atoms with Crippen molar-refractivity contribution in [2.45, 2.75) is 51.5 Å². The van der Waals surface area contributed by atoms with Crippen LogP contribution in [0.2, 0.25) is 0 Å². The summed E-state index contributed by atoms with van der Waals surface area (Å²) in [6, 6.07) is 10.9. The lowest BCUT2D eigenvalue weighted by Crippen LogP contribution is -2.37. The van der Waals surface area contributed by atoms with E-state index in [4.69, 9.17) is 0 Å². The van der Waals surface area contributed by atoms with Crippen LogP contribution in [0.1, 0.15) is 57.1 Å². The molecule has 21 heavy (non-hydrogen) atoms. The number of nitrogens with zero attached hydrogens (tertiary/aromatic N) is 1. The minimum atomic E-state index is 0.311. The van der Waals surface area contributed by atoms with Gasteiger partial charge in [-0.2, -0.15) is 0 Å². The highest BCUT2D eigenvalue weighted by Gasteiger charge is 2.16. The molecule has 0 spiro atoms. The number of benzene rings is 1. The average molecular weight is 288 g/mol. The monoisotopic (exact) mass is 288 g/mol. The highest BCUT2D eigenvalue weighted by Crippen LogP contribution is 2.18. The highest BCUT2D eigenvalue weighted by atomic mass is 16.2. The zero-order valence-corrected chi connectivity index (χ0v) is 13.2. The summed E-state index contributed by atoms with van der Waals surface area (Å²) in [6.07, 6.45) is 6.49. The molecular formula is C18H28N2O. The molecule has 0 aromatic heterocycles. The third-order valence-electron chi connectivity index (χ3n) is 4.22. The largest absolute Gasteiger partial charge is 0.343 e. The number of amides is 1. The van der Waals surface area contributed by atoms with E-state index in [0.717, 1.165) is 32.5 Å². The molecule has 0 saturated carbocycles. The predicted molar refractivity (Wildman–Crippen MR) is 87.1 cm³/mol. The van der Waals surface area contributed by atoms with Gasteiger partial charge in [-0.1, -0.05) is 43.7 Å². The van der Waals surface area contributed by atoms with Crippen LogP contribution in [-0.4, -0.2) is 30.4 Å². The Hall–Kier alpha value is -1.35. The van der Waals surface area contributed by atoms with Gasteiger partial charge in [0.05, 0.1) is 0 Å². The smallest absolute Gasteiger partial charge is 0.223 e. The topological polar surface area (TPSA) is 32.3 Å². The molecule has 1 atom stereocenters. The molecule has 0 bridgehead atoms. The van der Waals surface area contributed by atoms with Crippen LogP contribution in [-0.2, 0) is 4.79 Å². The summed E-state index contributed by atoms with van der Waals surface area (Å²) in [5, 5.41) is 3.56. The average Bonchev–Trinajstić information content (AvgIpc) is 2.55. The fourth-order valence-electron chi connectivity index (χ4n) is 3.02. The molecule has 2 rings (SSSR count). The number of piperidine rings is 1. The normalized spacial score (nSPS) is 16.7. The van der Waals surface area contributed by atoms with E-state index in [-0.39, 0.29) is 0 Å². The first kappa shape index (κ1) is 16.0. The van der Waals surface area contributed by atoms with Crippen LogP contribution in [0.3, 0.4) is 0 Å². The Morgan fingerprint density at radius 3 is 2.57 bits per heavy atom. The van der Waals surface area contributed by atoms with Crippen molar-refractivity contribution in [3.05, 3.63) is 35.9 Å². The van der Waals surface area contributed by atoms with Crippen molar-refractivity contribution < 1.29 is 4.79 Å². The molecule has 3 heteroatoms. The molecule has 0 aliphatic carbocycles. The van der Waals surface area contributed by atoms with Crippen molar-refractivity contribution in [3.63, 3.8) is 0 Å². The lowest BCUT2D eigenvalue weighted by molar-refractivity contribution is -0.132. The van der Waals surface area contributed by atoms with Gasteiger partial charge >= 0.3 is 0 Å². The third-order valence-corrected chi connectivity index (χ3v) is 4.22. The molecular weight excluding hydrogens is 260 g/mol. The summed E-state index contributed by atoms with van der Waals surface area (Å²) in [5.74, 6) is 0.311. The standard InChI is InChI=1S/C18H28N2O/c1-2-9-17(16-10-5-3-6-11-16)19-13-12-18(21)20-14-7-4-8-15-20/h3,5-6,10-11,17,19H,2,4,7-9,12-15H2,1H3. The first-order valence-electron chi connectivity index (χ1n) is 8.37. The van der Waals surface area contributed by atoms with Crippen molar-refractivity contribution in [2.75, 3.05) is 19.6 Å². The van der Waals surface area contributed by atoms with Gasteiger partial charge in [0.1, 0.15) is 0 Å². The van der Waals surface area contributed by atoms with Crippen molar-refractivity contribution >= 4 is 5.91 Å². The molecule has 1 aromatic rings. The molecule has 3 nitrogen and oxygen atoms in total. The fraction of sp³-hybridized carbons (Fsp3) is 0.611. The predicted octanol–water partition coefficient (Wildman–Crippen LogP) is 3.52. The van der Waals surface area contributed by atoms with E-state index in [1.807, 2.05) is 11.0 Å². The summed E-state index contributed by atoms with van der Waals surface area (Å²) in [6.45, 7) is 4.89. The Morgan fingerprint density at radius 2 is 1.90 bits per heavy atom. The van der Waals surface area contributed by atoms with Crippen molar-refractivity contribution in [2.24, 2.45) is 0 Å². The Balaban J connectivity index is 1.78. The molecule has 1 amide bonds. The third kappa shape index (κ3) is 5.16. The van der Waals surface area contributed by atoms with Crippen LogP contribution in [0.4, 0.5) is 0 Å². The second-order valence-corrected chi connectivity index (χ2v) is 5.90. The Kier molecular flexibility index (Phi) is 6.74. The van der Waals surface area contributed by atoms with Gasteiger partial charge in [-0.25, -0.2) is 0 Å². The molecule has 1 aliphatic heterocycles. The van der Waals surface area contributed by atoms with Gasteiger partial charge in [0.2, 0.25) is 5.91 Å². The van der Waals surface area contributed by atoms with E-state index >= 15 is 0 Å². The lowest BCUT2D eigenvalue weighted by Gasteiger charge is -2.27. The minimum Gasteiger partial charge on any atom is -0.343 e. The molecule has 1 N–H and O–H groups in total.